The summed E-state index contributed by atoms with van der Waals surface area (Å²) in [7, 11) is -3.21. The van der Waals surface area contributed by atoms with Crippen LogP contribution in [0.4, 0.5) is 4.39 Å². The van der Waals surface area contributed by atoms with E-state index in [1.54, 1.807) is 36.5 Å². The number of carbonyl (C=O) groups excluding carboxylic acids is 9. The highest BCUT2D eigenvalue weighted by Gasteiger charge is 2.35. The summed E-state index contributed by atoms with van der Waals surface area (Å²) in [5, 5.41) is 42.2. The zero-order chi connectivity index (χ0) is 70.6. The lowest BCUT2D eigenvalue weighted by Crippen LogP contribution is -2.47. The number of primary amides is 1. The molecule has 518 valence electrons. The maximum Gasteiger partial charge on any atom is 0.305 e. The molecule has 0 saturated heterocycles. The summed E-state index contributed by atoms with van der Waals surface area (Å²) in [6, 6.07) is 26.9. The van der Waals surface area contributed by atoms with E-state index in [0.29, 0.717) is 72.8 Å². The van der Waals surface area contributed by atoms with Crippen LogP contribution in [0.3, 0.4) is 0 Å². The van der Waals surface area contributed by atoms with E-state index in [1.165, 1.54) is 31.4 Å². The van der Waals surface area contributed by atoms with Gasteiger partial charge in [0.15, 0.2) is 17.3 Å². The van der Waals surface area contributed by atoms with Gasteiger partial charge in [-0.2, -0.15) is 0 Å². The normalized spacial score (nSPS) is 13.2. The molecule has 0 unspecified atom stereocenters. The zero-order valence-corrected chi connectivity index (χ0v) is 54.5. The van der Waals surface area contributed by atoms with Gasteiger partial charge in [0.2, 0.25) is 33.7 Å². The first-order valence-electron chi connectivity index (χ1n) is 31.9. The van der Waals surface area contributed by atoms with E-state index in [0.717, 1.165) is 35.0 Å². The quantitative estimate of drug-likeness (QED) is 0.0183. The number of Topliss-reactive ketones (excluding diaryl/α,β-unsaturated/α-hetero) is 4. The second kappa shape index (κ2) is 37.9. The van der Waals surface area contributed by atoms with Gasteiger partial charge in [-0.15, -0.1) is 0 Å². The summed E-state index contributed by atoms with van der Waals surface area (Å²) in [6.45, 7) is -0.373. The number of ether oxygens (including phenoxy) is 1. The molecule has 5 amide bonds. The van der Waals surface area contributed by atoms with Crippen LogP contribution in [0.15, 0.2) is 126 Å². The molecule has 27 heteroatoms. The van der Waals surface area contributed by atoms with E-state index >= 15 is 0 Å². The maximum atomic E-state index is 14.7. The Morgan fingerprint density at radius 2 is 1.19 bits per heavy atom. The van der Waals surface area contributed by atoms with Crippen LogP contribution in [0.5, 0.6) is 5.75 Å². The number of para-hydroxylation sites is 1. The Kier molecular flexibility index (Phi) is 29.7. The highest BCUT2D eigenvalue weighted by molar-refractivity contribution is 7.89. The number of unbranched alkanes of at least 4 members (excludes halogenated alkanes) is 3. The van der Waals surface area contributed by atoms with E-state index in [1.807, 2.05) is 41.1 Å². The van der Waals surface area contributed by atoms with Crippen molar-refractivity contribution in [3.8, 4) is 5.75 Å². The van der Waals surface area contributed by atoms with Crippen LogP contribution >= 0.6 is 0 Å². The summed E-state index contributed by atoms with van der Waals surface area (Å²) in [6.07, 6.45) is -1.20. The fourth-order valence-corrected chi connectivity index (χ4v) is 12.4. The predicted molar refractivity (Wildman–Crippen MR) is 353 cm³/mol. The SMILES string of the molecule is COc1ccc(S(=O)(=O)N[C@H](CC(=O)O)C(=O)C[C@@H](CCC(=O)O)C(=O)NCC(=O)C[C@@H](Cc2cccc(F)c2)C(=O)N[C@@H](Cc2c[nH]c3ccccc23)C(=O)C[C@@H](CCC(=O)O)C(=O)NCCCCCC(=O)C[C@@H](CCCCNC(=O)c2ccc3ccccc3c2)C(N)=O)cc1. The number of aromatic nitrogens is 1. The first-order valence-corrected chi connectivity index (χ1v) is 33.4. The number of sulfonamides is 1. The topological polar surface area (TPSA) is 411 Å². The molecule has 1 aromatic heterocycles. The van der Waals surface area contributed by atoms with E-state index < -0.39 is 162 Å². The number of carboxylic acid groups (broad SMARTS) is 3. The minimum absolute atomic E-state index is 0.0544. The number of ketones is 4. The van der Waals surface area contributed by atoms with Crippen LogP contribution in [-0.4, -0.2) is 138 Å². The van der Waals surface area contributed by atoms with Gasteiger partial charge in [0.25, 0.3) is 5.91 Å². The lowest BCUT2D eigenvalue weighted by Gasteiger charge is -2.24. The highest BCUT2D eigenvalue weighted by Crippen LogP contribution is 2.25. The van der Waals surface area contributed by atoms with E-state index in [4.69, 9.17) is 10.5 Å². The molecule has 5 aromatic carbocycles. The Bertz CT molecular complexity index is 3910. The molecule has 0 spiro atoms. The Labute approximate surface area is 559 Å². The van der Waals surface area contributed by atoms with Crippen molar-refractivity contribution >= 4 is 102 Å². The molecule has 97 heavy (non-hydrogen) atoms. The smallest absolute Gasteiger partial charge is 0.305 e. The molecule has 0 aliphatic heterocycles. The number of carboxylic acids is 3. The summed E-state index contributed by atoms with van der Waals surface area (Å²) in [5.41, 5.74) is 7.67. The van der Waals surface area contributed by atoms with Crippen molar-refractivity contribution in [2.75, 3.05) is 26.7 Å². The molecule has 11 N–H and O–H groups in total. The van der Waals surface area contributed by atoms with Crippen molar-refractivity contribution in [3.63, 3.8) is 0 Å². The number of carbonyl (C=O) groups is 12. The van der Waals surface area contributed by atoms with Crippen LogP contribution in [0.2, 0.25) is 0 Å². The number of nitrogens with one attached hydrogen (secondary N) is 6. The zero-order valence-electron chi connectivity index (χ0n) is 53.7. The van der Waals surface area contributed by atoms with Crippen LogP contribution in [0.25, 0.3) is 21.7 Å². The number of amides is 5. The number of benzene rings is 5. The van der Waals surface area contributed by atoms with Gasteiger partial charge in [-0.1, -0.05) is 73.5 Å². The summed E-state index contributed by atoms with van der Waals surface area (Å²) < 4.78 is 48.3. The highest BCUT2D eigenvalue weighted by atomic mass is 32.2. The molecule has 0 aliphatic rings. The second-order valence-electron chi connectivity index (χ2n) is 23.9. The van der Waals surface area contributed by atoms with Gasteiger partial charge < -0.3 is 52.0 Å². The lowest BCUT2D eigenvalue weighted by molar-refractivity contribution is -0.140. The number of aromatic amines is 1. The number of nitrogens with two attached hydrogens (primary N) is 1. The lowest BCUT2D eigenvalue weighted by atomic mass is 9.89. The van der Waals surface area contributed by atoms with Crippen molar-refractivity contribution in [2.45, 2.75) is 133 Å². The molecule has 6 aromatic rings. The largest absolute Gasteiger partial charge is 0.497 e. The number of rotatable bonds is 45. The molecular formula is C70H82FN7O18S. The standard InChI is InChI=1S/C70H82FN7O18S/c1-96-55-24-26-56(27-25-55)97(94,95)78-60(40-65(87)88)62(82)39-49(23-29-64(85)86)69(92)76-42-54(80)36-50(32-43-12-11-16-52(71)33-43)70(93)77-59(37-51-41-75-58-19-7-6-18-57(51)58)61(81)38-48(22-28-63(83)84)68(91)73-30-9-2-3-17-53(79)35-46(66(72)89)15-8-10-31-74-67(90)47-21-20-44-13-4-5-14-45(44)34-47/h4-7,11-14,16,18-21,24-27,33-34,41,46,48-50,59-60,75,78H,2-3,8-10,15,17,22-23,28-32,35-40,42H2,1H3,(H2,72,89)(H,73,91)(H,74,90)(H,76,92)(H,77,93)(H,83,84)(H,85,86)(H,87,88)/t46-,48-,49-,50-,59+,60-/m1/s1. The summed E-state index contributed by atoms with van der Waals surface area (Å²) in [5.74, 6) is -15.6. The summed E-state index contributed by atoms with van der Waals surface area (Å²) in [4.78, 5) is 161. The van der Waals surface area contributed by atoms with Crippen LogP contribution < -0.4 is 36.5 Å². The van der Waals surface area contributed by atoms with Crippen molar-refractivity contribution in [2.24, 2.45) is 29.4 Å². The van der Waals surface area contributed by atoms with Gasteiger partial charge in [-0.25, -0.2) is 17.5 Å². The van der Waals surface area contributed by atoms with Crippen LogP contribution in [0, 0.1) is 29.5 Å². The Balaban J connectivity index is 1.07. The summed E-state index contributed by atoms with van der Waals surface area (Å²) >= 11 is 0. The van der Waals surface area contributed by atoms with Gasteiger partial charge in [-0.05, 0) is 121 Å². The fourth-order valence-electron chi connectivity index (χ4n) is 11.2. The van der Waals surface area contributed by atoms with E-state index in [9.17, 15) is 85.7 Å². The predicted octanol–water partition coefficient (Wildman–Crippen LogP) is 6.47. The molecule has 0 aliphatic carbocycles. The van der Waals surface area contributed by atoms with Gasteiger partial charge in [-0.3, -0.25) is 57.5 Å². The van der Waals surface area contributed by atoms with Crippen molar-refractivity contribution in [1.29, 1.82) is 0 Å². The van der Waals surface area contributed by atoms with Crippen LogP contribution in [0.1, 0.15) is 124 Å². The first kappa shape index (κ1) is 76.0. The molecule has 0 bridgehead atoms. The third kappa shape index (κ3) is 25.2. The molecule has 0 radical (unpaired) electrons. The number of hydrogen-bond donors (Lipinski definition) is 10. The van der Waals surface area contributed by atoms with Gasteiger partial charge in [0.05, 0.1) is 37.1 Å². The van der Waals surface area contributed by atoms with E-state index in [2.05, 4.69) is 26.3 Å². The molecule has 1 heterocycles. The average molecular weight is 1360 g/mol. The number of hydrogen-bond acceptors (Lipinski definition) is 15. The minimum atomic E-state index is -4.55. The first-order chi connectivity index (χ1) is 46.3. The number of H-pyrrole nitrogens is 1. The maximum absolute atomic E-state index is 14.7. The van der Waals surface area contributed by atoms with E-state index in [-0.39, 0.29) is 60.8 Å². The number of methoxy groups -OCH3 is 1. The third-order valence-electron chi connectivity index (χ3n) is 16.5. The Morgan fingerprint density at radius 3 is 1.85 bits per heavy atom. The number of halogens is 1. The van der Waals surface area contributed by atoms with Crippen molar-refractivity contribution in [3.05, 3.63) is 144 Å². The third-order valence-corrected chi connectivity index (χ3v) is 18.0. The fraction of sp³-hybridized carbons (Fsp3) is 0.400. The average Bonchev–Trinajstić information content (AvgIpc) is 1.85. The van der Waals surface area contributed by atoms with Gasteiger partial charge in [0.1, 0.15) is 17.3 Å². The number of aliphatic carboxylic acids is 3. The molecular weight excluding hydrogens is 1280 g/mol. The van der Waals surface area contributed by atoms with Gasteiger partial charge >= 0.3 is 17.9 Å². The molecule has 0 saturated carbocycles. The molecule has 0 fully saturated rings. The molecule has 25 nitrogen and oxygen atoms in total. The Morgan fingerprint density at radius 1 is 0.557 bits per heavy atom. The van der Waals surface area contributed by atoms with Crippen molar-refractivity contribution in [1.82, 2.24) is 31.0 Å². The number of fused-ring (bicyclic) bond motifs is 2. The minimum Gasteiger partial charge on any atom is -0.497 e. The molecule has 6 atom stereocenters. The molecule has 6 rings (SSSR count). The van der Waals surface area contributed by atoms with Gasteiger partial charge in [0, 0.05) is 111 Å². The monoisotopic (exact) mass is 1360 g/mol. The Hall–Kier alpha value is -10.0. The van der Waals surface area contributed by atoms with Crippen molar-refractivity contribution < 1.29 is 90.4 Å². The van der Waals surface area contributed by atoms with Crippen LogP contribution in [-0.2, 0) is 75.6 Å². The second-order valence-corrected chi connectivity index (χ2v) is 25.6.